The van der Waals surface area contributed by atoms with E-state index in [1.807, 2.05) is 6.92 Å². The third kappa shape index (κ3) is 4.18. The average Bonchev–Trinajstić information content (AvgIpc) is 1.89. The lowest BCUT2D eigenvalue weighted by Crippen LogP contribution is -2.21. The lowest BCUT2D eigenvalue weighted by molar-refractivity contribution is 1.21. The van der Waals surface area contributed by atoms with Crippen molar-refractivity contribution >= 4 is 8.07 Å². The first-order valence-corrected chi connectivity index (χ1v) is 6.64. The molecule has 0 saturated carbocycles. The molecule has 0 atom stereocenters. The second-order valence-corrected chi connectivity index (χ2v) is 7.41. The molecule has 1 nitrogen and oxygen atoms in total. The molecule has 0 aromatic heterocycles. The van der Waals surface area contributed by atoms with Gasteiger partial charge in [-0.15, -0.1) is 11.8 Å². The first-order valence-electron chi connectivity index (χ1n) is 3.43. The van der Waals surface area contributed by atoms with E-state index < -0.39 is 8.07 Å². The summed E-state index contributed by atoms with van der Waals surface area (Å²) in [5, 5.41) is 8.66. The van der Waals surface area contributed by atoms with Crippen LogP contribution < -0.4 is 0 Å². The fraction of sp³-hybridized carbons (Fsp3) is 0.625. The molecule has 0 fully saturated rings. The third-order valence-corrected chi connectivity index (χ3v) is 3.46. The van der Waals surface area contributed by atoms with Crippen molar-refractivity contribution in [3.8, 4) is 17.5 Å². The lowest BCUT2D eigenvalue weighted by atomic mass is 10.5. The van der Waals surface area contributed by atoms with Gasteiger partial charge in [0.25, 0.3) is 0 Å². The van der Waals surface area contributed by atoms with Gasteiger partial charge in [0.2, 0.25) is 0 Å². The number of hydrogen-bond donors (Lipinski definition) is 0. The van der Waals surface area contributed by atoms with Crippen molar-refractivity contribution in [2.24, 2.45) is 0 Å². The van der Waals surface area contributed by atoms with Crippen LogP contribution in [0, 0.1) is 22.8 Å². The molecular formula is C8H13NSi. The fourth-order valence-corrected chi connectivity index (χ4v) is 1.42. The van der Waals surface area contributed by atoms with E-state index in [2.05, 4.69) is 30.6 Å². The van der Waals surface area contributed by atoms with E-state index in [1.54, 1.807) is 0 Å². The Morgan fingerprint density at radius 1 is 1.40 bits per heavy atom. The van der Waals surface area contributed by atoms with Crippen molar-refractivity contribution in [1.82, 2.24) is 0 Å². The minimum Gasteiger partial charge on any atom is -0.207 e. The zero-order chi connectivity index (χ0) is 8.04. The summed E-state index contributed by atoms with van der Waals surface area (Å²) < 4.78 is 0. The van der Waals surface area contributed by atoms with Crippen molar-refractivity contribution in [3.05, 3.63) is 0 Å². The van der Waals surface area contributed by atoms with Crippen LogP contribution in [0.3, 0.4) is 0 Å². The summed E-state index contributed by atoms with van der Waals surface area (Å²) in [6.07, 6.45) is 0.892. The molecule has 0 rings (SSSR count). The minimum absolute atomic E-state index is 0.892. The van der Waals surface area contributed by atoms with Gasteiger partial charge in [-0.25, -0.2) is 5.26 Å². The molecule has 0 bridgehead atoms. The maximum Gasteiger partial charge on any atom is 0.168 e. The Bertz CT molecular complexity index is 190. The summed E-state index contributed by atoms with van der Waals surface area (Å²) in [6, 6.07) is 1.00. The zero-order valence-corrected chi connectivity index (χ0v) is 7.86. The zero-order valence-electron chi connectivity index (χ0n) is 6.86. The molecule has 0 saturated heterocycles. The van der Waals surface area contributed by atoms with Crippen LogP contribution >= 0.6 is 0 Å². The second kappa shape index (κ2) is 4.14. The predicted molar refractivity (Wildman–Crippen MR) is 46.0 cm³/mol. The Kier molecular flexibility index (Phi) is 3.84. The van der Waals surface area contributed by atoms with Crippen LogP contribution in [0.4, 0.5) is 0 Å². The maximum atomic E-state index is 8.66. The van der Waals surface area contributed by atoms with Crippen molar-refractivity contribution < 1.29 is 0 Å². The molecule has 0 aliphatic heterocycles. The minimum atomic E-state index is -1.51. The van der Waals surface area contributed by atoms with Crippen LogP contribution in [0.1, 0.15) is 13.3 Å². The lowest BCUT2D eigenvalue weighted by Gasteiger charge is -2.07. The molecule has 0 aromatic carbocycles. The van der Waals surface area contributed by atoms with Crippen LogP contribution in [0.15, 0.2) is 0 Å². The van der Waals surface area contributed by atoms with Gasteiger partial charge >= 0.3 is 0 Å². The molecule has 54 valence electrons. The molecule has 0 aliphatic carbocycles. The van der Waals surface area contributed by atoms with E-state index in [-0.39, 0.29) is 0 Å². The largest absolute Gasteiger partial charge is 0.207 e. The van der Waals surface area contributed by atoms with Crippen molar-refractivity contribution in [2.75, 3.05) is 0 Å². The molecular weight excluding hydrogens is 138 g/mol. The van der Waals surface area contributed by atoms with E-state index in [0.29, 0.717) is 0 Å². The summed E-state index contributed by atoms with van der Waals surface area (Å²) in [6.45, 7) is 5.98. The van der Waals surface area contributed by atoms with Crippen molar-refractivity contribution in [3.63, 3.8) is 0 Å². The summed E-state index contributed by atoms with van der Waals surface area (Å²) in [7, 11) is -1.51. The summed E-state index contributed by atoms with van der Waals surface area (Å²) in [5.74, 6) is 5.80. The molecule has 0 N–H and O–H groups in total. The molecule has 0 heterocycles. The standard InChI is InChI=1S/C8H13NSi/c1-4-5-6-7-10(2,3)8-9/h6-7H2,1-3H3. The van der Waals surface area contributed by atoms with Crippen LogP contribution in [0.2, 0.25) is 19.1 Å². The molecule has 0 aliphatic rings. The smallest absolute Gasteiger partial charge is 0.168 e. The molecule has 0 spiro atoms. The van der Waals surface area contributed by atoms with Gasteiger partial charge < -0.3 is 0 Å². The fourth-order valence-electron chi connectivity index (χ4n) is 0.556. The molecule has 10 heavy (non-hydrogen) atoms. The van der Waals surface area contributed by atoms with Gasteiger partial charge in [0.1, 0.15) is 0 Å². The maximum absolute atomic E-state index is 8.66. The quantitative estimate of drug-likeness (QED) is 0.438. The highest BCUT2D eigenvalue weighted by Crippen LogP contribution is 2.08. The van der Waals surface area contributed by atoms with Gasteiger partial charge in [-0.1, -0.05) is 13.1 Å². The summed E-state index contributed by atoms with van der Waals surface area (Å²) in [5.41, 5.74) is 2.37. The highest BCUT2D eigenvalue weighted by molar-refractivity contribution is 6.84. The molecule has 0 amide bonds. The monoisotopic (exact) mass is 151 g/mol. The first-order chi connectivity index (χ1) is 4.62. The number of nitrogens with zero attached hydrogens (tertiary/aromatic N) is 1. The van der Waals surface area contributed by atoms with Gasteiger partial charge in [0.15, 0.2) is 8.07 Å². The highest BCUT2D eigenvalue weighted by Gasteiger charge is 2.18. The highest BCUT2D eigenvalue weighted by atomic mass is 28.3. The van der Waals surface area contributed by atoms with Crippen molar-refractivity contribution in [2.45, 2.75) is 32.5 Å². The van der Waals surface area contributed by atoms with Gasteiger partial charge in [0.05, 0.1) is 0 Å². The predicted octanol–water partition coefficient (Wildman–Crippen LogP) is 2.17. The van der Waals surface area contributed by atoms with Crippen LogP contribution in [-0.4, -0.2) is 8.07 Å². The SMILES string of the molecule is CC#CCC[Si](C)(C)C#N. The number of rotatable bonds is 2. The first kappa shape index (κ1) is 9.27. The second-order valence-electron chi connectivity index (χ2n) is 2.92. The Hall–Kier alpha value is -0.733. The van der Waals surface area contributed by atoms with E-state index in [4.69, 9.17) is 5.26 Å². The van der Waals surface area contributed by atoms with E-state index in [1.165, 1.54) is 0 Å². The Balaban J connectivity index is 3.67. The van der Waals surface area contributed by atoms with E-state index in [0.717, 1.165) is 12.5 Å². The van der Waals surface area contributed by atoms with Gasteiger partial charge in [-0.2, -0.15) is 0 Å². The molecule has 0 aromatic rings. The Morgan fingerprint density at radius 3 is 2.40 bits per heavy atom. The van der Waals surface area contributed by atoms with Gasteiger partial charge in [-0.3, -0.25) is 0 Å². The molecule has 2 heteroatoms. The number of nitriles is 1. The molecule has 0 radical (unpaired) electrons. The van der Waals surface area contributed by atoms with Gasteiger partial charge in [-0.05, 0) is 13.0 Å². The van der Waals surface area contributed by atoms with Crippen molar-refractivity contribution in [1.29, 1.82) is 5.26 Å². The Morgan fingerprint density at radius 2 is 2.00 bits per heavy atom. The van der Waals surface area contributed by atoms with Crippen LogP contribution in [-0.2, 0) is 0 Å². The average molecular weight is 151 g/mol. The topological polar surface area (TPSA) is 23.8 Å². The summed E-state index contributed by atoms with van der Waals surface area (Å²) >= 11 is 0. The third-order valence-electron chi connectivity index (χ3n) is 1.35. The Labute approximate surface area is 64.1 Å². The van der Waals surface area contributed by atoms with Crippen LogP contribution in [0.5, 0.6) is 0 Å². The molecule has 0 unspecified atom stereocenters. The normalized spacial score (nSPS) is 9.40. The number of hydrogen-bond acceptors (Lipinski definition) is 1. The van der Waals surface area contributed by atoms with Crippen LogP contribution in [0.25, 0.3) is 0 Å². The summed E-state index contributed by atoms with van der Waals surface area (Å²) in [4.78, 5) is 0. The van der Waals surface area contributed by atoms with Gasteiger partial charge in [0, 0.05) is 12.1 Å². The van der Waals surface area contributed by atoms with E-state index >= 15 is 0 Å². The van der Waals surface area contributed by atoms with E-state index in [9.17, 15) is 0 Å².